The predicted octanol–water partition coefficient (Wildman–Crippen LogP) is 4.89. The Morgan fingerprint density at radius 1 is 0.919 bits per heavy atom. The van der Waals surface area contributed by atoms with Gasteiger partial charge in [0.15, 0.2) is 0 Å². The van der Waals surface area contributed by atoms with Crippen molar-refractivity contribution in [1.82, 2.24) is 10.2 Å². The zero-order valence-corrected chi connectivity index (χ0v) is 23.8. The van der Waals surface area contributed by atoms with Crippen LogP contribution in [0.25, 0.3) is 0 Å². The molecule has 0 aliphatic heterocycles. The number of rotatable bonds is 10. The van der Waals surface area contributed by atoms with Gasteiger partial charge >= 0.3 is 0 Å². The fourth-order valence-electron chi connectivity index (χ4n) is 3.87. The van der Waals surface area contributed by atoms with Crippen molar-refractivity contribution in [2.75, 3.05) is 10.8 Å². The Hall–Kier alpha value is -3.17. The maximum Gasteiger partial charge on any atom is 0.264 e. The largest absolute Gasteiger partial charge is 0.352 e. The molecule has 0 aliphatic carbocycles. The summed E-state index contributed by atoms with van der Waals surface area (Å²) in [6.07, 6.45) is 0. The van der Waals surface area contributed by atoms with E-state index in [2.05, 4.69) is 21.2 Å². The van der Waals surface area contributed by atoms with Gasteiger partial charge in [-0.25, -0.2) is 8.42 Å². The molecule has 0 aliphatic rings. The first kappa shape index (κ1) is 28.4. The van der Waals surface area contributed by atoms with Crippen molar-refractivity contribution in [3.05, 3.63) is 94.5 Å². The van der Waals surface area contributed by atoms with Gasteiger partial charge in [0.05, 0.1) is 10.6 Å². The summed E-state index contributed by atoms with van der Waals surface area (Å²) in [4.78, 5) is 28.3. The maximum atomic E-state index is 13.8. The third-order valence-electron chi connectivity index (χ3n) is 5.74. The van der Waals surface area contributed by atoms with Gasteiger partial charge in [-0.3, -0.25) is 13.9 Å². The van der Waals surface area contributed by atoms with Crippen molar-refractivity contribution >= 4 is 43.5 Å². The monoisotopic (exact) mass is 585 g/mol. The highest BCUT2D eigenvalue weighted by Crippen LogP contribution is 2.27. The summed E-state index contributed by atoms with van der Waals surface area (Å²) in [7, 11) is -4.08. The van der Waals surface area contributed by atoms with Gasteiger partial charge in [0, 0.05) is 17.1 Å². The smallest absolute Gasteiger partial charge is 0.264 e. The summed E-state index contributed by atoms with van der Waals surface area (Å²) in [5, 5.41) is 2.85. The van der Waals surface area contributed by atoms with Crippen LogP contribution >= 0.6 is 15.9 Å². The zero-order valence-electron chi connectivity index (χ0n) is 21.4. The first-order valence-corrected chi connectivity index (χ1v) is 14.2. The highest BCUT2D eigenvalue weighted by molar-refractivity contribution is 9.10. The lowest BCUT2D eigenvalue weighted by Gasteiger charge is -2.32. The molecule has 9 heteroatoms. The highest BCUT2D eigenvalue weighted by atomic mass is 79.9. The predicted molar refractivity (Wildman–Crippen MR) is 150 cm³/mol. The van der Waals surface area contributed by atoms with Crippen LogP contribution in [0.2, 0.25) is 0 Å². The Morgan fingerprint density at radius 2 is 1.59 bits per heavy atom. The summed E-state index contributed by atoms with van der Waals surface area (Å²) in [6, 6.07) is 21.5. The van der Waals surface area contributed by atoms with Gasteiger partial charge in [0.25, 0.3) is 10.0 Å². The number of carbonyl (C=O) groups is 2. The minimum absolute atomic E-state index is 0.0682. The molecular weight excluding hydrogens is 554 g/mol. The topological polar surface area (TPSA) is 86.8 Å². The lowest BCUT2D eigenvalue weighted by atomic mass is 10.1. The number of nitrogens with one attached hydrogen (secondary N) is 1. The number of nitrogens with zero attached hydrogens (tertiary/aromatic N) is 2. The van der Waals surface area contributed by atoms with Crippen LogP contribution in [0.4, 0.5) is 5.69 Å². The molecule has 1 atom stereocenters. The van der Waals surface area contributed by atoms with E-state index in [4.69, 9.17) is 0 Å². The standard InChI is InChI=1S/C28H32BrN3O4S/c1-20(2)30-28(34)22(4)31(18-23-11-8-10-21(3)16-23)27(33)19-32(25-13-9-12-24(29)17-25)37(35,36)26-14-6-5-7-15-26/h5-17,20,22H,18-19H2,1-4H3,(H,30,34)/t22-/m1/s1. The Bertz CT molecular complexity index is 1350. The minimum Gasteiger partial charge on any atom is -0.352 e. The number of sulfonamides is 1. The molecule has 3 aromatic rings. The normalized spacial score (nSPS) is 12.2. The maximum absolute atomic E-state index is 13.8. The number of aryl methyl sites for hydroxylation is 1. The van der Waals surface area contributed by atoms with Crippen LogP contribution in [0.15, 0.2) is 88.2 Å². The van der Waals surface area contributed by atoms with Crippen LogP contribution < -0.4 is 9.62 Å². The summed E-state index contributed by atoms with van der Waals surface area (Å²) < 4.78 is 29.2. The molecule has 0 aromatic heterocycles. The lowest BCUT2D eigenvalue weighted by Crippen LogP contribution is -2.52. The fourth-order valence-corrected chi connectivity index (χ4v) is 5.69. The molecule has 0 fully saturated rings. The summed E-state index contributed by atoms with van der Waals surface area (Å²) in [5.74, 6) is -0.802. The van der Waals surface area contributed by atoms with E-state index in [1.54, 1.807) is 49.4 Å². The number of halogens is 1. The molecule has 3 rings (SSSR count). The number of hydrogen-bond donors (Lipinski definition) is 1. The van der Waals surface area contributed by atoms with Crippen molar-refractivity contribution in [2.45, 2.75) is 51.2 Å². The summed E-state index contributed by atoms with van der Waals surface area (Å²) in [5.41, 5.74) is 2.20. The molecule has 0 unspecified atom stereocenters. The average molecular weight is 587 g/mol. The quantitative estimate of drug-likeness (QED) is 0.367. The van der Waals surface area contributed by atoms with Crippen LogP contribution in [0.5, 0.6) is 0 Å². The SMILES string of the molecule is Cc1cccc(CN(C(=O)CN(c2cccc(Br)c2)S(=O)(=O)c2ccccc2)[C@H](C)C(=O)NC(C)C)c1. The number of anilines is 1. The van der Waals surface area contributed by atoms with Crippen molar-refractivity contribution < 1.29 is 18.0 Å². The van der Waals surface area contributed by atoms with Gasteiger partial charge in [-0.05, 0) is 63.6 Å². The summed E-state index contributed by atoms with van der Waals surface area (Å²) in [6.45, 7) is 6.98. The van der Waals surface area contributed by atoms with E-state index in [1.807, 2.05) is 45.0 Å². The second-order valence-electron chi connectivity index (χ2n) is 9.15. The molecule has 0 spiro atoms. The Labute approximate surface area is 227 Å². The molecule has 0 saturated carbocycles. The lowest BCUT2D eigenvalue weighted by molar-refractivity contribution is -0.139. The van der Waals surface area contributed by atoms with Gasteiger partial charge in [0.2, 0.25) is 11.8 Å². The van der Waals surface area contributed by atoms with Gasteiger partial charge in [-0.2, -0.15) is 0 Å². The number of amides is 2. The van der Waals surface area contributed by atoms with E-state index in [9.17, 15) is 18.0 Å². The molecule has 0 heterocycles. The molecule has 0 bridgehead atoms. The molecule has 2 amide bonds. The molecular formula is C28H32BrN3O4S. The Morgan fingerprint density at radius 3 is 2.22 bits per heavy atom. The van der Waals surface area contributed by atoms with E-state index in [0.29, 0.717) is 10.2 Å². The van der Waals surface area contributed by atoms with E-state index in [0.717, 1.165) is 15.4 Å². The van der Waals surface area contributed by atoms with Crippen LogP contribution in [-0.4, -0.2) is 43.8 Å². The Balaban J connectivity index is 2.02. The third-order valence-corrected chi connectivity index (χ3v) is 8.02. The van der Waals surface area contributed by atoms with E-state index in [1.165, 1.54) is 17.0 Å². The first-order valence-electron chi connectivity index (χ1n) is 12.0. The van der Waals surface area contributed by atoms with Crippen LogP contribution in [-0.2, 0) is 26.2 Å². The molecule has 37 heavy (non-hydrogen) atoms. The third kappa shape index (κ3) is 7.42. The van der Waals surface area contributed by atoms with Crippen LogP contribution in [0.1, 0.15) is 31.9 Å². The van der Waals surface area contributed by atoms with Crippen molar-refractivity contribution in [2.24, 2.45) is 0 Å². The highest BCUT2D eigenvalue weighted by Gasteiger charge is 2.32. The van der Waals surface area contributed by atoms with Crippen molar-refractivity contribution in [1.29, 1.82) is 0 Å². The Kier molecular flexibility index (Phi) is 9.50. The summed E-state index contributed by atoms with van der Waals surface area (Å²) >= 11 is 3.39. The van der Waals surface area contributed by atoms with E-state index < -0.39 is 28.5 Å². The number of hydrogen-bond acceptors (Lipinski definition) is 4. The molecule has 3 aromatic carbocycles. The average Bonchev–Trinajstić information content (AvgIpc) is 2.85. The molecule has 7 nitrogen and oxygen atoms in total. The fraction of sp³-hybridized carbons (Fsp3) is 0.286. The second kappa shape index (κ2) is 12.4. The molecule has 196 valence electrons. The van der Waals surface area contributed by atoms with Gasteiger partial charge in [-0.15, -0.1) is 0 Å². The molecule has 1 N–H and O–H groups in total. The molecule has 0 radical (unpaired) electrons. The van der Waals surface area contributed by atoms with Gasteiger partial charge in [0.1, 0.15) is 12.6 Å². The van der Waals surface area contributed by atoms with Crippen molar-refractivity contribution in [3.63, 3.8) is 0 Å². The number of benzene rings is 3. The zero-order chi connectivity index (χ0) is 27.2. The van der Waals surface area contributed by atoms with E-state index >= 15 is 0 Å². The van der Waals surface area contributed by atoms with Gasteiger partial charge < -0.3 is 10.2 Å². The first-order chi connectivity index (χ1) is 17.5. The minimum atomic E-state index is -4.08. The molecule has 0 saturated heterocycles. The van der Waals surface area contributed by atoms with Gasteiger partial charge in [-0.1, -0.05) is 70.0 Å². The van der Waals surface area contributed by atoms with Crippen LogP contribution in [0, 0.1) is 6.92 Å². The van der Waals surface area contributed by atoms with E-state index in [-0.39, 0.29) is 23.4 Å². The van der Waals surface area contributed by atoms with Crippen LogP contribution in [0.3, 0.4) is 0 Å². The number of carbonyl (C=O) groups excluding carboxylic acids is 2. The second-order valence-corrected chi connectivity index (χ2v) is 11.9. The van der Waals surface area contributed by atoms with Crippen molar-refractivity contribution in [3.8, 4) is 0 Å².